The van der Waals surface area contributed by atoms with Crippen LogP contribution in [0.25, 0.3) is 0 Å². The Hall–Kier alpha value is -0.530. The maximum atomic E-state index is 5.08. The van der Waals surface area contributed by atoms with Gasteiger partial charge in [0.15, 0.2) is 0 Å². The van der Waals surface area contributed by atoms with Crippen LogP contribution in [0, 0.1) is 23.7 Å². The molecular formula is C15H24N2. The summed E-state index contributed by atoms with van der Waals surface area (Å²) in [6, 6.07) is 0. The molecule has 0 amide bonds. The first-order valence-corrected chi connectivity index (χ1v) is 7.72. The summed E-state index contributed by atoms with van der Waals surface area (Å²) in [5.74, 6) is 3.90. The van der Waals surface area contributed by atoms with Crippen molar-refractivity contribution in [1.82, 2.24) is 5.01 Å². The monoisotopic (exact) mass is 232 g/mol. The Morgan fingerprint density at radius 2 is 1.35 bits per heavy atom. The highest BCUT2D eigenvalue weighted by Crippen LogP contribution is 2.52. The van der Waals surface area contributed by atoms with Crippen molar-refractivity contribution in [2.45, 2.75) is 51.4 Å². The van der Waals surface area contributed by atoms with Crippen molar-refractivity contribution in [2.75, 3.05) is 13.1 Å². The van der Waals surface area contributed by atoms with Crippen molar-refractivity contribution < 1.29 is 0 Å². The van der Waals surface area contributed by atoms with Crippen molar-refractivity contribution >= 4 is 5.71 Å². The van der Waals surface area contributed by atoms with E-state index in [1.54, 1.807) is 12.1 Å². The van der Waals surface area contributed by atoms with Gasteiger partial charge in [-0.05, 0) is 75.0 Å². The largest absolute Gasteiger partial charge is 0.297 e. The van der Waals surface area contributed by atoms with Crippen LogP contribution in [-0.4, -0.2) is 23.8 Å². The van der Waals surface area contributed by atoms with E-state index in [4.69, 9.17) is 5.10 Å². The maximum Gasteiger partial charge on any atom is 0.0442 e. The summed E-state index contributed by atoms with van der Waals surface area (Å²) in [5, 5.41) is 7.47. The molecule has 5 fully saturated rings. The fourth-order valence-electron chi connectivity index (χ4n) is 4.97. The first-order chi connectivity index (χ1) is 8.38. The molecule has 4 aliphatic carbocycles. The van der Waals surface area contributed by atoms with E-state index < -0.39 is 0 Å². The summed E-state index contributed by atoms with van der Waals surface area (Å²) >= 11 is 0. The van der Waals surface area contributed by atoms with Crippen LogP contribution < -0.4 is 0 Å². The van der Waals surface area contributed by atoms with Gasteiger partial charge in [0.1, 0.15) is 0 Å². The molecule has 0 aromatic rings. The lowest BCUT2D eigenvalue weighted by molar-refractivity contribution is 0.103. The molecule has 0 radical (unpaired) electrons. The highest BCUT2D eigenvalue weighted by atomic mass is 15.5. The van der Waals surface area contributed by atoms with Crippen LogP contribution in [0.5, 0.6) is 0 Å². The number of nitrogens with zero attached hydrogens (tertiary/aromatic N) is 2. The van der Waals surface area contributed by atoms with Gasteiger partial charge in [0, 0.05) is 18.8 Å². The third-order valence-corrected chi connectivity index (χ3v) is 5.56. The van der Waals surface area contributed by atoms with Gasteiger partial charge >= 0.3 is 0 Å². The summed E-state index contributed by atoms with van der Waals surface area (Å²) in [6.07, 6.45) is 11.6. The molecule has 1 aliphatic heterocycles. The van der Waals surface area contributed by atoms with Crippen molar-refractivity contribution in [3.8, 4) is 0 Å². The zero-order chi connectivity index (χ0) is 11.2. The predicted octanol–water partition coefficient (Wildman–Crippen LogP) is 3.28. The van der Waals surface area contributed by atoms with Crippen molar-refractivity contribution in [3.63, 3.8) is 0 Å². The van der Waals surface area contributed by atoms with E-state index in [0.29, 0.717) is 0 Å². The molecular weight excluding hydrogens is 208 g/mol. The summed E-state index contributed by atoms with van der Waals surface area (Å²) in [7, 11) is 0. The zero-order valence-electron chi connectivity index (χ0n) is 10.8. The average molecular weight is 232 g/mol. The zero-order valence-corrected chi connectivity index (χ0v) is 10.8. The number of hydrazone groups is 1. The van der Waals surface area contributed by atoms with E-state index in [-0.39, 0.29) is 0 Å². The van der Waals surface area contributed by atoms with E-state index >= 15 is 0 Å². The first kappa shape index (κ1) is 10.4. The lowest BCUT2D eigenvalue weighted by atomic mass is 9.55. The molecule has 5 aliphatic rings. The lowest BCUT2D eigenvalue weighted by Crippen LogP contribution is -2.46. The second-order valence-electron chi connectivity index (χ2n) is 6.84. The third kappa shape index (κ3) is 1.80. The van der Waals surface area contributed by atoms with Gasteiger partial charge in [0.05, 0.1) is 0 Å². The second kappa shape index (κ2) is 4.00. The van der Waals surface area contributed by atoms with Gasteiger partial charge < -0.3 is 0 Å². The van der Waals surface area contributed by atoms with Crippen LogP contribution >= 0.6 is 0 Å². The van der Waals surface area contributed by atoms with Gasteiger partial charge in [-0.15, -0.1) is 0 Å². The molecule has 4 saturated carbocycles. The number of rotatable bonds is 1. The highest BCUT2D eigenvalue weighted by molar-refractivity contribution is 5.90. The lowest BCUT2D eigenvalue weighted by Gasteiger charge is -2.50. The summed E-state index contributed by atoms with van der Waals surface area (Å²) < 4.78 is 0. The van der Waals surface area contributed by atoms with Crippen LogP contribution in [0.4, 0.5) is 0 Å². The molecule has 4 bridgehead atoms. The molecule has 5 rings (SSSR count). The van der Waals surface area contributed by atoms with E-state index in [9.17, 15) is 0 Å². The molecule has 1 heterocycles. The topological polar surface area (TPSA) is 15.6 Å². The normalized spacial score (nSPS) is 44.2. The molecule has 0 atom stereocenters. The first-order valence-electron chi connectivity index (χ1n) is 7.72. The Balaban J connectivity index is 1.55. The van der Waals surface area contributed by atoms with Gasteiger partial charge in [0.2, 0.25) is 0 Å². The molecule has 0 aromatic carbocycles. The highest BCUT2D eigenvalue weighted by Gasteiger charge is 2.46. The molecule has 94 valence electrons. The second-order valence-corrected chi connectivity index (χ2v) is 6.84. The van der Waals surface area contributed by atoms with E-state index in [1.807, 2.05) is 0 Å². The SMILES string of the molecule is C1CCN(N=C2C3CC4CC(C3)CC2C4)CC1. The molecule has 0 spiro atoms. The van der Waals surface area contributed by atoms with Crippen molar-refractivity contribution in [2.24, 2.45) is 28.8 Å². The van der Waals surface area contributed by atoms with Crippen LogP contribution in [0.1, 0.15) is 51.4 Å². The standard InChI is InChI=1S/C15H24N2/c1-2-4-17(5-3-1)16-15-13-7-11-6-12(9-13)10-14(15)8-11/h11-14H,1-10H2. The van der Waals surface area contributed by atoms with Gasteiger partial charge in [0.25, 0.3) is 0 Å². The van der Waals surface area contributed by atoms with Crippen LogP contribution in [0.2, 0.25) is 0 Å². The molecule has 1 saturated heterocycles. The third-order valence-electron chi connectivity index (χ3n) is 5.56. The molecule has 0 N–H and O–H groups in total. The molecule has 17 heavy (non-hydrogen) atoms. The molecule has 2 nitrogen and oxygen atoms in total. The molecule has 0 aromatic heterocycles. The van der Waals surface area contributed by atoms with Crippen LogP contribution in [0.3, 0.4) is 0 Å². The van der Waals surface area contributed by atoms with Crippen LogP contribution in [0.15, 0.2) is 5.10 Å². The number of hydrogen-bond acceptors (Lipinski definition) is 2. The summed E-state index contributed by atoms with van der Waals surface area (Å²) in [4.78, 5) is 0. The van der Waals surface area contributed by atoms with Gasteiger partial charge in [-0.25, -0.2) is 0 Å². The predicted molar refractivity (Wildman–Crippen MR) is 69.9 cm³/mol. The summed E-state index contributed by atoms with van der Waals surface area (Å²) in [5.41, 5.74) is 1.62. The minimum atomic E-state index is 0.883. The minimum Gasteiger partial charge on any atom is -0.297 e. The molecule has 0 unspecified atom stereocenters. The number of piperidine rings is 1. The van der Waals surface area contributed by atoms with E-state index in [1.165, 1.54) is 58.0 Å². The summed E-state index contributed by atoms with van der Waals surface area (Å²) in [6.45, 7) is 2.44. The average Bonchev–Trinajstić information content (AvgIpc) is 2.34. The molecule has 2 heteroatoms. The van der Waals surface area contributed by atoms with E-state index in [2.05, 4.69) is 5.01 Å². The fraction of sp³-hybridized carbons (Fsp3) is 0.933. The van der Waals surface area contributed by atoms with Crippen molar-refractivity contribution in [3.05, 3.63) is 0 Å². The quantitative estimate of drug-likeness (QED) is 0.677. The Bertz CT molecular complexity index is 298. The van der Waals surface area contributed by atoms with E-state index in [0.717, 1.165) is 23.7 Å². The minimum absolute atomic E-state index is 0.883. The van der Waals surface area contributed by atoms with Gasteiger partial charge in [-0.3, -0.25) is 5.01 Å². The maximum absolute atomic E-state index is 5.08. The van der Waals surface area contributed by atoms with Crippen LogP contribution in [-0.2, 0) is 0 Å². The Labute approximate surface area is 104 Å². The van der Waals surface area contributed by atoms with Gasteiger partial charge in [-0.2, -0.15) is 5.10 Å². The van der Waals surface area contributed by atoms with Crippen molar-refractivity contribution in [1.29, 1.82) is 0 Å². The van der Waals surface area contributed by atoms with Gasteiger partial charge in [-0.1, -0.05) is 0 Å². The fourth-order valence-corrected chi connectivity index (χ4v) is 4.97. The Morgan fingerprint density at radius 1 is 0.765 bits per heavy atom. The Kier molecular flexibility index (Phi) is 2.44. The smallest absolute Gasteiger partial charge is 0.0442 e. The number of hydrogen-bond donors (Lipinski definition) is 0. The Morgan fingerprint density at radius 3 is 1.94 bits per heavy atom.